The van der Waals surface area contributed by atoms with Gasteiger partial charge < -0.3 is 35.0 Å². The third-order valence-corrected chi connectivity index (χ3v) is 11.5. The predicted octanol–water partition coefficient (Wildman–Crippen LogP) is 1.53. The summed E-state index contributed by atoms with van der Waals surface area (Å²) < 4.78 is 11.8. The van der Waals surface area contributed by atoms with Crippen molar-refractivity contribution in [3.8, 4) is 0 Å². The van der Waals surface area contributed by atoms with Gasteiger partial charge in [-0.05, 0) is 87.9 Å². The zero-order valence-electron chi connectivity index (χ0n) is 21.3. The van der Waals surface area contributed by atoms with Crippen molar-refractivity contribution in [3.63, 3.8) is 0 Å². The second-order valence-corrected chi connectivity index (χ2v) is 12.8. The lowest BCUT2D eigenvalue weighted by molar-refractivity contribution is -0.310. The number of fused-ring (bicyclic) bond motifs is 5. The number of Topliss-reactive ketones (excluding diaryl/α,β-unsaturated/α-hetero) is 1. The van der Waals surface area contributed by atoms with Crippen LogP contribution < -0.4 is 0 Å². The van der Waals surface area contributed by atoms with Gasteiger partial charge in [0.2, 0.25) is 0 Å². The van der Waals surface area contributed by atoms with E-state index in [1.54, 1.807) is 6.92 Å². The highest BCUT2D eigenvalue weighted by Gasteiger charge is 2.68. The molecule has 0 bridgehead atoms. The van der Waals surface area contributed by atoms with E-state index in [1.165, 1.54) is 0 Å². The number of ketones is 1. The summed E-state index contributed by atoms with van der Waals surface area (Å²) in [4.78, 5) is 12.5. The van der Waals surface area contributed by atoms with Crippen molar-refractivity contribution in [1.29, 1.82) is 0 Å². The van der Waals surface area contributed by atoms with Crippen molar-refractivity contribution < 1.29 is 39.8 Å². The number of hydrogen-bond donors (Lipinski definition) is 5. The molecule has 1 heterocycles. The first kappa shape index (κ1) is 26.0. The molecule has 5 N–H and O–H groups in total. The van der Waals surface area contributed by atoms with Crippen molar-refractivity contribution in [2.75, 3.05) is 6.61 Å². The molecule has 8 nitrogen and oxygen atoms in total. The van der Waals surface area contributed by atoms with Gasteiger partial charge in [0.05, 0.1) is 17.8 Å². The molecule has 0 radical (unpaired) electrons. The first-order valence-corrected chi connectivity index (χ1v) is 13.7. The van der Waals surface area contributed by atoms with Gasteiger partial charge in [0.15, 0.2) is 12.1 Å². The van der Waals surface area contributed by atoms with Gasteiger partial charge in [-0.25, -0.2) is 0 Å². The van der Waals surface area contributed by atoms with E-state index in [0.717, 1.165) is 44.9 Å². The number of rotatable bonds is 4. The van der Waals surface area contributed by atoms with E-state index in [1.807, 2.05) is 0 Å². The molecule has 8 heteroatoms. The third kappa shape index (κ3) is 3.77. The molecular formula is C27H44O8. The van der Waals surface area contributed by atoms with E-state index >= 15 is 0 Å². The van der Waals surface area contributed by atoms with Gasteiger partial charge in [-0.3, -0.25) is 4.79 Å². The average Bonchev–Trinajstić information content (AvgIpc) is 3.12. The van der Waals surface area contributed by atoms with Gasteiger partial charge >= 0.3 is 0 Å². The quantitative estimate of drug-likeness (QED) is 0.370. The molecule has 200 valence electrons. The van der Waals surface area contributed by atoms with Crippen LogP contribution in [0.1, 0.15) is 78.6 Å². The normalized spacial score (nSPS) is 56.1. The molecule has 0 spiro atoms. The van der Waals surface area contributed by atoms with Crippen LogP contribution in [0.25, 0.3) is 0 Å². The Morgan fingerprint density at radius 1 is 0.943 bits per heavy atom. The number of carbonyl (C=O) groups excluding carboxylic acids is 1. The molecule has 5 rings (SSSR count). The van der Waals surface area contributed by atoms with Gasteiger partial charge in [0.1, 0.15) is 24.9 Å². The maximum Gasteiger partial charge on any atom is 0.186 e. The molecule has 1 aliphatic heterocycles. The predicted molar refractivity (Wildman–Crippen MR) is 126 cm³/mol. The Kier molecular flexibility index (Phi) is 6.69. The molecule has 5 aliphatic rings. The van der Waals surface area contributed by atoms with Gasteiger partial charge in [-0.1, -0.05) is 13.8 Å². The SMILES string of the molecule is C[C@@H]1O[C@H](O[C@H]2CC[C@@]3(C)[C@H](CC[C@@H]4[C@@H]3CC[C@]3(C)[C@@H](C(=O)CO)CC[C@]43O)C2)[C@H](O)[C@H](O)[C@H]1O. The minimum absolute atomic E-state index is 0.0773. The summed E-state index contributed by atoms with van der Waals surface area (Å²) in [6.45, 7) is 5.67. The molecular weight excluding hydrogens is 452 g/mol. The monoisotopic (exact) mass is 496 g/mol. The molecule has 0 aromatic carbocycles. The lowest BCUT2D eigenvalue weighted by Gasteiger charge is -2.63. The smallest absolute Gasteiger partial charge is 0.186 e. The summed E-state index contributed by atoms with van der Waals surface area (Å²) in [6, 6.07) is 0. The molecule has 0 unspecified atom stereocenters. The second kappa shape index (κ2) is 9.00. The van der Waals surface area contributed by atoms with E-state index in [4.69, 9.17) is 9.47 Å². The van der Waals surface area contributed by atoms with Gasteiger partial charge in [0, 0.05) is 11.3 Å². The molecule has 4 aliphatic carbocycles. The van der Waals surface area contributed by atoms with Crippen LogP contribution in [-0.2, 0) is 14.3 Å². The Labute approximate surface area is 208 Å². The minimum atomic E-state index is -1.29. The van der Waals surface area contributed by atoms with Crippen molar-refractivity contribution in [1.82, 2.24) is 0 Å². The van der Waals surface area contributed by atoms with Gasteiger partial charge in [-0.15, -0.1) is 0 Å². The largest absolute Gasteiger partial charge is 0.389 e. The Morgan fingerprint density at radius 3 is 2.40 bits per heavy atom. The molecule has 13 atom stereocenters. The van der Waals surface area contributed by atoms with Gasteiger partial charge in [0.25, 0.3) is 0 Å². The fourth-order valence-corrected chi connectivity index (χ4v) is 9.25. The molecule has 4 saturated carbocycles. The highest BCUT2D eigenvalue weighted by Crippen LogP contribution is 2.69. The molecule has 35 heavy (non-hydrogen) atoms. The second-order valence-electron chi connectivity index (χ2n) is 12.8. The fourth-order valence-electron chi connectivity index (χ4n) is 9.25. The summed E-state index contributed by atoms with van der Waals surface area (Å²) in [5.74, 6) is 0.597. The number of carbonyl (C=O) groups is 1. The van der Waals surface area contributed by atoms with E-state index in [-0.39, 0.29) is 29.1 Å². The minimum Gasteiger partial charge on any atom is -0.389 e. The van der Waals surface area contributed by atoms with Crippen molar-refractivity contribution in [2.24, 2.45) is 34.5 Å². The van der Waals surface area contributed by atoms with E-state index in [0.29, 0.717) is 24.7 Å². The van der Waals surface area contributed by atoms with Crippen LogP contribution in [-0.4, -0.2) is 80.3 Å². The van der Waals surface area contributed by atoms with Gasteiger partial charge in [-0.2, -0.15) is 0 Å². The number of hydrogen-bond acceptors (Lipinski definition) is 8. The lowest BCUT2D eigenvalue weighted by atomic mass is 9.43. The van der Waals surface area contributed by atoms with Crippen molar-refractivity contribution >= 4 is 5.78 Å². The summed E-state index contributed by atoms with van der Waals surface area (Å²) in [6.07, 6.45) is 2.25. The molecule has 5 fully saturated rings. The number of aliphatic hydroxyl groups is 5. The molecule has 0 amide bonds. The van der Waals surface area contributed by atoms with Crippen LogP contribution in [0.15, 0.2) is 0 Å². The maximum absolute atomic E-state index is 12.5. The lowest BCUT2D eigenvalue weighted by Crippen LogP contribution is -2.63. The Hall–Kier alpha value is -0.610. The third-order valence-electron chi connectivity index (χ3n) is 11.5. The first-order chi connectivity index (χ1) is 16.5. The van der Waals surface area contributed by atoms with E-state index < -0.39 is 48.3 Å². The Morgan fingerprint density at radius 2 is 1.69 bits per heavy atom. The van der Waals surface area contributed by atoms with Crippen LogP contribution in [0.4, 0.5) is 0 Å². The molecule has 1 saturated heterocycles. The standard InChI is InChI=1S/C27H44O8/c1-14-21(30)22(31)23(32)24(34-14)35-16-6-9-25(2)15(12-16)4-5-18-17(25)7-10-26(3)19(20(29)13-28)8-11-27(18,26)33/h14-19,21-24,28,30-33H,4-13H2,1-3H3/t14-,15+,16-,17-,18+,19+,21-,22+,23+,24+,25-,26+,27-/m0/s1. The topological polar surface area (TPSA) is 137 Å². The summed E-state index contributed by atoms with van der Waals surface area (Å²) in [5.41, 5.74) is -1.25. The van der Waals surface area contributed by atoms with Crippen LogP contribution in [0.2, 0.25) is 0 Å². The van der Waals surface area contributed by atoms with Crippen LogP contribution in [0.3, 0.4) is 0 Å². The van der Waals surface area contributed by atoms with Crippen molar-refractivity contribution in [2.45, 2.75) is 121 Å². The average molecular weight is 497 g/mol. The van der Waals surface area contributed by atoms with Crippen LogP contribution >= 0.6 is 0 Å². The molecule has 0 aromatic heterocycles. The van der Waals surface area contributed by atoms with Crippen LogP contribution in [0, 0.1) is 34.5 Å². The summed E-state index contributed by atoms with van der Waals surface area (Å²) in [7, 11) is 0. The van der Waals surface area contributed by atoms with Crippen molar-refractivity contribution in [3.05, 3.63) is 0 Å². The zero-order valence-corrected chi connectivity index (χ0v) is 21.3. The molecule has 0 aromatic rings. The van der Waals surface area contributed by atoms with E-state index in [2.05, 4.69) is 13.8 Å². The fraction of sp³-hybridized carbons (Fsp3) is 0.963. The highest BCUT2D eigenvalue weighted by molar-refractivity contribution is 5.83. The number of ether oxygens (including phenoxy) is 2. The summed E-state index contributed by atoms with van der Waals surface area (Å²) in [5, 5.41) is 52.1. The first-order valence-electron chi connectivity index (χ1n) is 13.7. The van der Waals surface area contributed by atoms with Crippen LogP contribution in [0.5, 0.6) is 0 Å². The number of aliphatic hydroxyl groups excluding tert-OH is 4. The summed E-state index contributed by atoms with van der Waals surface area (Å²) >= 11 is 0. The Balaban J connectivity index is 1.29. The van der Waals surface area contributed by atoms with E-state index in [9.17, 15) is 30.3 Å². The highest BCUT2D eigenvalue weighted by atomic mass is 16.7. The maximum atomic E-state index is 12.5. The Bertz CT molecular complexity index is 821. The zero-order chi connectivity index (χ0) is 25.3.